The van der Waals surface area contributed by atoms with E-state index in [0.29, 0.717) is 45.9 Å². The van der Waals surface area contributed by atoms with Crippen molar-refractivity contribution < 1.29 is 24.2 Å². The van der Waals surface area contributed by atoms with Crippen LogP contribution in [0.2, 0.25) is 0 Å². The summed E-state index contributed by atoms with van der Waals surface area (Å²) in [6, 6.07) is 22.9. The van der Waals surface area contributed by atoms with Gasteiger partial charge in [0.2, 0.25) is 5.13 Å². The Hall–Kier alpha value is -4.15. The molecule has 204 valence electrons. The number of aliphatic hydroxyl groups is 1. The van der Waals surface area contributed by atoms with Crippen LogP contribution in [0, 0.1) is 0 Å². The third-order valence-electron chi connectivity index (χ3n) is 6.20. The lowest BCUT2D eigenvalue weighted by atomic mass is 9.95. The van der Waals surface area contributed by atoms with Gasteiger partial charge in [0, 0.05) is 11.3 Å². The predicted molar refractivity (Wildman–Crippen MR) is 156 cm³/mol. The van der Waals surface area contributed by atoms with Crippen LogP contribution in [0.5, 0.6) is 11.5 Å². The standard InChI is InChI=1S/C30H27N3O5S2/c1-3-37-22-14-10-20(11-15-22)25-24(26(34)21-12-16-23(17-13-21)38-4-2)27(35)28(36)33(25)29-31-32-30(40-29)39-18-19-8-6-5-7-9-19/h5-17,25,34H,3-4,18H2,1-2H3/b26-24-. The fourth-order valence-corrected chi connectivity index (χ4v) is 6.19. The number of ketones is 1. The lowest BCUT2D eigenvalue weighted by Crippen LogP contribution is -2.29. The van der Waals surface area contributed by atoms with Crippen LogP contribution in [-0.4, -0.2) is 40.2 Å². The summed E-state index contributed by atoms with van der Waals surface area (Å²) in [6.07, 6.45) is 0. The molecule has 0 radical (unpaired) electrons. The van der Waals surface area contributed by atoms with Crippen LogP contribution in [0.3, 0.4) is 0 Å². The number of aliphatic hydroxyl groups excluding tert-OH is 1. The normalized spacial score (nSPS) is 16.4. The second-order valence-corrected chi connectivity index (χ2v) is 10.9. The molecule has 0 spiro atoms. The molecule has 40 heavy (non-hydrogen) atoms. The van der Waals surface area contributed by atoms with Gasteiger partial charge < -0.3 is 14.6 Å². The van der Waals surface area contributed by atoms with E-state index in [2.05, 4.69) is 10.2 Å². The van der Waals surface area contributed by atoms with Crippen LogP contribution >= 0.6 is 23.1 Å². The van der Waals surface area contributed by atoms with Gasteiger partial charge in [0.1, 0.15) is 17.3 Å². The van der Waals surface area contributed by atoms with Crippen molar-refractivity contribution in [2.45, 2.75) is 30.0 Å². The number of benzene rings is 3. The van der Waals surface area contributed by atoms with Crippen LogP contribution in [0.4, 0.5) is 5.13 Å². The van der Waals surface area contributed by atoms with Gasteiger partial charge in [-0.15, -0.1) is 10.2 Å². The summed E-state index contributed by atoms with van der Waals surface area (Å²) in [6.45, 7) is 4.78. The summed E-state index contributed by atoms with van der Waals surface area (Å²) in [5.41, 5.74) is 2.14. The highest BCUT2D eigenvalue weighted by atomic mass is 32.2. The first kappa shape index (κ1) is 27.4. The number of anilines is 1. The molecule has 1 aliphatic rings. The lowest BCUT2D eigenvalue weighted by Gasteiger charge is -2.22. The highest BCUT2D eigenvalue weighted by molar-refractivity contribution is 8.00. The molecular formula is C30H27N3O5S2. The number of carbonyl (C=O) groups excluding carboxylic acids is 2. The van der Waals surface area contributed by atoms with Crippen molar-refractivity contribution in [1.29, 1.82) is 0 Å². The largest absolute Gasteiger partial charge is 0.507 e. The average Bonchev–Trinajstić information content (AvgIpc) is 3.55. The molecule has 3 aromatic carbocycles. The average molecular weight is 574 g/mol. The molecule has 1 saturated heterocycles. The Balaban J connectivity index is 1.53. The maximum absolute atomic E-state index is 13.5. The summed E-state index contributed by atoms with van der Waals surface area (Å²) >= 11 is 2.73. The lowest BCUT2D eigenvalue weighted by molar-refractivity contribution is -0.132. The van der Waals surface area contributed by atoms with Crippen LogP contribution in [0.15, 0.2) is 88.8 Å². The van der Waals surface area contributed by atoms with Gasteiger partial charge in [0.25, 0.3) is 5.78 Å². The minimum atomic E-state index is -0.901. The van der Waals surface area contributed by atoms with Gasteiger partial charge in [0.15, 0.2) is 4.34 Å². The van der Waals surface area contributed by atoms with Gasteiger partial charge in [-0.05, 0) is 61.4 Å². The van der Waals surface area contributed by atoms with E-state index in [1.54, 1.807) is 48.5 Å². The number of hydrogen-bond donors (Lipinski definition) is 1. The molecule has 4 aromatic rings. The summed E-state index contributed by atoms with van der Waals surface area (Å²) in [5.74, 6) is 0.142. The second kappa shape index (κ2) is 12.4. The monoisotopic (exact) mass is 573 g/mol. The van der Waals surface area contributed by atoms with Gasteiger partial charge >= 0.3 is 5.91 Å². The molecular weight excluding hydrogens is 546 g/mol. The van der Waals surface area contributed by atoms with Crippen molar-refractivity contribution in [2.75, 3.05) is 18.1 Å². The Morgan fingerprint density at radius 3 is 2.15 bits per heavy atom. The van der Waals surface area contributed by atoms with Crippen LogP contribution < -0.4 is 14.4 Å². The summed E-state index contributed by atoms with van der Waals surface area (Å²) in [5, 5.41) is 20.2. The maximum atomic E-state index is 13.5. The molecule has 1 N–H and O–H groups in total. The molecule has 1 aromatic heterocycles. The Labute approximate surface area is 240 Å². The zero-order valence-electron chi connectivity index (χ0n) is 21.9. The van der Waals surface area contributed by atoms with E-state index in [0.717, 1.165) is 5.56 Å². The maximum Gasteiger partial charge on any atom is 0.301 e. The van der Waals surface area contributed by atoms with E-state index >= 15 is 0 Å². The number of nitrogens with zero attached hydrogens (tertiary/aromatic N) is 3. The minimum absolute atomic E-state index is 0.0213. The second-order valence-electron chi connectivity index (χ2n) is 8.75. The Kier molecular flexibility index (Phi) is 8.47. The van der Waals surface area contributed by atoms with E-state index < -0.39 is 17.7 Å². The highest BCUT2D eigenvalue weighted by Gasteiger charge is 2.48. The van der Waals surface area contributed by atoms with Crippen molar-refractivity contribution in [3.63, 3.8) is 0 Å². The molecule has 1 amide bonds. The molecule has 1 aliphatic heterocycles. The number of carbonyl (C=O) groups is 2. The van der Waals surface area contributed by atoms with E-state index in [1.165, 1.54) is 28.0 Å². The number of ether oxygens (including phenoxy) is 2. The van der Waals surface area contributed by atoms with Gasteiger partial charge in [-0.25, -0.2) is 0 Å². The first-order chi connectivity index (χ1) is 19.5. The third-order valence-corrected chi connectivity index (χ3v) is 8.32. The van der Waals surface area contributed by atoms with Crippen LogP contribution in [0.1, 0.15) is 36.6 Å². The number of rotatable bonds is 10. The number of thioether (sulfide) groups is 1. The van der Waals surface area contributed by atoms with E-state index in [1.807, 2.05) is 44.2 Å². The summed E-state index contributed by atoms with van der Waals surface area (Å²) in [4.78, 5) is 28.2. The molecule has 0 bridgehead atoms. The predicted octanol–water partition coefficient (Wildman–Crippen LogP) is 6.25. The van der Waals surface area contributed by atoms with E-state index in [4.69, 9.17) is 9.47 Å². The molecule has 1 atom stereocenters. The summed E-state index contributed by atoms with van der Waals surface area (Å²) in [7, 11) is 0. The first-order valence-corrected chi connectivity index (χ1v) is 14.6. The minimum Gasteiger partial charge on any atom is -0.507 e. The molecule has 10 heteroatoms. The number of Topliss-reactive ketones (excluding diaryl/α,β-unsaturated/α-hetero) is 1. The number of hydrogen-bond acceptors (Lipinski definition) is 9. The molecule has 5 rings (SSSR count). The van der Waals surface area contributed by atoms with E-state index in [-0.39, 0.29) is 16.5 Å². The molecule has 8 nitrogen and oxygen atoms in total. The Morgan fingerprint density at radius 1 is 0.900 bits per heavy atom. The molecule has 2 heterocycles. The fraction of sp³-hybridized carbons (Fsp3) is 0.200. The van der Waals surface area contributed by atoms with Gasteiger partial charge in [-0.3, -0.25) is 14.5 Å². The first-order valence-electron chi connectivity index (χ1n) is 12.8. The Bertz CT molecular complexity index is 1520. The van der Waals surface area contributed by atoms with Crippen molar-refractivity contribution >= 4 is 45.7 Å². The fourth-order valence-electron chi connectivity index (χ4n) is 4.37. The van der Waals surface area contributed by atoms with Crippen LogP contribution in [0.25, 0.3) is 5.76 Å². The Morgan fingerprint density at radius 2 is 1.52 bits per heavy atom. The van der Waals surface area contributed by atoms with Crippen LogP contribution in [-0.2, 0) is 15.3 Å². The number of amides is 1. The van der Waals surface area contributed by atoms with Crippen molar-refractivity contribution in [3.05, 3.63) is 101 Å². The molecule has 1 unspecified atom stereocenters. The van der Waals surface area contributed by atoms with Crippen molar-refractivity contribution in [3.8, 4) is 11.5 Å². The highest BCUT2D eigenvalue weighted by Crippen LogP contribution is 2.44. The van der Waals surface area contributed by atoms with Gasteiger partial charge in [-0.1, -0.05) is 65.6 Å². The van der Waals surface area contributed by atoms with Crippen molar-refractivity contribution in [1.82, 2.24) is 10.2 Å². The number of aromatic nitrogens is 2. The topological polar surface area (TPSA) is 102 Å². The van der Waals surface area contributed by atoms with Gasteiger partial charge in [-0.2, -0.15) is 0 Å². The molecule has 0 saturated carbocycles. The van der Waals surface area contributed by atoms with E-state index in [9.17, 15) is 14.7 Å². The zero-order valence-corrected chi connectivity index (χ0v) is 23.6. The summed E-state index contributed by atoms with van der Waals surface area (Å²) < 4.78 is 11.7. The SMILES string of the molecule is CCOc1ccc(/C(O)=C2/C(=O)C(=O)N(c3nnc(SCc4ccccc4)s3)C2c2ccc(OCC)cc2)cc1. The quantitative estimate of drug-likeness (QED) is 0.0781. The zero-order chi connectivity index (χ0) is 28.1. The molecule has 0 aliphatic carbocycles. The van der Waals surface area contributed by atoms with Crippen molar-refractivity contribution in [2.24, 2.45) is 0 Å². The smallest absolute Gasteiger partial charge is 0.301 e. The molecule has 1 fully saturated rings. The third kappa shape index (κ3) is 5.73. The van der Waals surface area contributed by atoms with Gasteiger partial charge in [0.05, 0.1) is 24.8 Å².